The Kier molecular flexibility index (Phi) is 4.84. The molecule has 4 aromatic rings. The van der Waals surface area contributed by atoms with E-state index in [1.54, 1.807) is 30.3 Å². The molecule has 4 rings (SSSR count). The molecule has 28 heavy (non-hydrogen) atoms. The fourth-order valence-electron chi connectivity index (χ4n) is 3.07. The number of carbonyl (C=O) groups excluding carboxylic acids is 1. The summed E-state index contributed by atoms with van der Waals surface area (Å²) in [5, 5.41) is 13.1. The molecule has 0 fully saturated rings. The van der Waals surface area contributed by atoms with Gasteiger partial charge in [0.2, 0.25) is 0 Å². The van der Waals surface area contributed by atoms with E-state index in [2.05, 4.69) is 4.98 Å². The number of aromatic carboxylic acids is 1. The average molecular weight is 411 g/mol. The van der Waals surface area contributed by atoms with E-state index in [0.717, 1.165) is 17.5 Å². The van der Waals surface area contributed by atoms with Crippen molar-refractivity contribution in [2.24, 2.45) is 0 Å². The molecule has 140 valence electrons. The van der Waals surface area contributed by atoms with Crippen LogP contribution in [0, 0.1) is 0 Å². The number of carboxylic acid groups (broad SMARTS) is 1. The Morgan fingerprint density at radius 2 is 1.79 bits per heavy atom. The number of furan rings is 1. The van der Waals surface area contributed by atoms with Gasteiger partial charge in [-0.15, -0.1) is 0 Å². The first-order chi connectivity index (χ1) is 13.5. The van der Waals surface area contributed by atoms with Gasteiger partial charge in [-0.05, 0) is 60.5 Å². The second-order valence-corrected chi connectivity index (χ2v) is 7.15. The molecule has 0 radical (unpaired) electrons. The van der Waals surface area contributed by atoms with Crippen LogP contribution in [0.3, 0.4) is 0 Å². The number of pyridine rings is 1. The number of aromatic nitrogens is 1. The Morgan fingerprint density at radius 1 is 1.00 bits per heavy atom. The molecule has 2 aromatic carbocycles. The molecule has 2 heterocycles. The lowest BCUT2D eigenvalue weighted by molar-refractivity contribution is -0.254. The Morgan fingerprint density at radius 3 is 2.50 bits per heavy atom. The van der Waals surface area contributed by atoms with Crippen molar-refractivity contribution in [3.63, 3.8) is 0 Å². The quantitative estimate of drug-likeness (QED) is 0.451. The number of halogens is 2. The zero-order valence-electron chi connectivity index (χ0n) is 14.8. The van der Waals surface area contributed by atoms with E-state index in [1.807, 2.05) is 25.1 Å². The minimum atomic E-state index is -1.25. The molecule has 0 atom stereocenters. The summed E-state index contributed by atoms with van der Waals surface area (Å²) in [5.74, 6) is -0.227. The third-order valence-corrected chi connectivity index (χ3v) is 5.30. The van der Waals surface area contributed by atoms with Gasteiger partial charge in [-0.25, -0.2) is 4.98 Å². The first-order valence-electron chi connectivity index (χ1n) is 8.67. The number of hydrogen-bond donors (Lipinski definition) is 0. The predicted molar refractivity (Wildman–Crippen MR) is 109 cm³/mol. The second kappa shape index (κ2) is 7.30. The van der Waals surface area contributed by atoms with Gasteiger partial charge in [-0.2, -0.15) is 0 Å². The molecule has 0 bridgehead atoms. The van der Waals surface area contributed by atoms with E-state index >= 15 is 0 Å². The van der Waals surface area contributed by atoms with Crippen LogP contribution in [-0.4, -0.2) is 11.0 Å². The summed E-state index contributed by atoms with van der Waals surface area (Å²) in [5.41, 5.74) is 2.87. The van der Waals surface area contributed by atoms with Crippen molar-refractivity contribution in [2.45, 2.75) is 13.3 Å². The highest BCUT2D eigenvalue weighted by Gasteiger charge is 2.13. The van der Waals surface area contributed by atoms with Gasteiger partial charge in [0.15, 0.2) is 5.76 Å². The third-order valence-electron chi connectivity index (χ3n) is 4.56. The van der Waals surface area contributed by atoms with E-state index in [-0.39, 0.29) is 5.56 Å². The molecule has 6 heteroatoms. The summed E-state index contributed by atoms with van der Waals surface area (Å²) in [6.07, 6.45) is 0.801. The number of aryl methyl sites for hydroxylation is 1. The number of fused-ring (bicyclic) bond motifs is 1. The van der Waals surface area contributed by atoms with Crippen molar-refractivity contribution in [1.29, 1.82) is 0 Å². The van der Waals surface area contributed by atoms with Crippen LogP contribution in [0.25, 0.3) is 33.7 Å². The van der Waals surface area contributed by atoms with E-state index in [0.29, 0.717) is 38.2 Å². The van der Waals surface area contributed by atoms with Crippen LogP contribution in [0.1, 0.15) is 22.8 Å². The van der Waals surface area contributed by atoms with Crippen LogP contribution in [0.5, 0.6) is 0 Å². The first-order valence-corrected chi connectivity index (χ1v) is 9.42. The zero-order valence-corrected chi connectivity index (χ0v) is 16.3. The standard InChI is InChI=1S/C22H15Cl2NO3/c1-2-12-3-6-18-14(9-12)15(22(26)27)11-19(25-18)21-8-7-20(28-21)13-4-5-16(23)17(24)10-13/h3-11H,2H2,1H3,(H,26,27)/p-1. The summed E-state index contributed by atoms with van der Waals surface area (Å²) in [6.45, 7) is 2.01. The Hall–Kier alpha value is -2.82. The van der Waals surface area contributed by atoms with E-state index < -0.39 is 5.97 Å². The fourth-order valence-corrected chi connectivity index (χ4v) is 3.37. The Bertz CT molecular complexity index is 1210. The van der Waals surface area contributed by atoms with Gasteiger partial charge >= 0.3 is 0 Å². The molecule has 0 N–H and O–H groups in total. The SMILES string of the molecule is CCc1ccc2nc(-c3ccc(-c4ccc(Cl)c(Cl)c4)o3)cc(C(=O)[O-])c2c1. The van der Waals surface area contributed by atoms with Crippen molar-refractivity contribution in [1.82, 2.24) is 4.98 Å². The van der Waals surface area contributed by atoms with Gasteiger partial charge in [-0.1, -0.05) is 36.2 Å². The number of rotatable bonds is 4. The van der Waals surface area contributed by atoms with Crippen molar-refractivity contribution in [2.75, 3.05) is 0 Å². The lowest BCUT2D eigenvalue weighted by Gasteiger charge is -2.10. The summed E-state index contributed by atoms with van der Waals surface area (Å²) in [4.78, 5) is 16.3. The highest BCUT2D eigenvalue weighted by molar-refractivity contribution is 6.42. The fraction of sp³-hybridized carbons (Fsp3) is 0.0909. The second-order valence-electron chi connectivity index (χ2n) is 6.34. The molecule has 2 aromatic heterocycles. The normalized spacial score (nSPS) is 11.1. The predicted octanol–water partition coefficient (Wildman–Crippen LogP) is 5.39. The number of nitrogens with zero attached hydrogens (tertiary/aromatic N) is 1. The maximum atomic E-state index is 11.7. The first kappa shape index (κ1) is 18.5. The van der Waals surface area contributed by atoms with Crippen molar-refractivity contribution >= 4 is 40.1 Å². The maximum Gasteiger partial charge on any atom is 0.153 e. The van der Waals surface area contributed by atoms with E-state index in [9.17, 15) is 9.90 Å². The summed E-state index contributed by atoms with van der Waals surface area (Å²) >= 11 is 12.0. The molecule has 0 amide bonds. The molecule has 0 unspecified atom stereocenters. The largest absolute Gasteiger partial charge is 0.545 e. The number of benzene rings is 2. The van der Waals surface area contributed by atoms with Crippen LogP contribution in [0.4, 0.5) is 0 Å². The van der Waals surface area contributed by atoms with E-state index in [4.69, 9.17) is 27.6 Å². The van der Waals surface area contributed by atoms with Gasteiger partial charge in [0, 0.05) is 16.5 Å². The van der Waals surface area contributed by atoms with Gasteiger partial charge < -0.3 is 14.3 Å². The topological polar surface area (TPSA) is 66.2 Å². The lowest BCUT2D eigenvalue weighted by atomic mass is 10.0. The van der Waals surface area contributed by atoms with Crippen LogP contribution >= 0.6 is 23.2 Å². The minimum Gasteiger partial charge on any atom is -0.545 e. The molecule has 0 saturated carbocycles. The molecular formula is C22H14Cl2NO3-. The highest BCUT2D eigenvalue weighted by Crippen LogP contribution is 2.33. The number of carbonyl (C=O) groups is 1. The maximum absolute atomic E-state index is 11.7. The molecule has 0 spiro atoms. The van der Waals surface area contributed by atoms with Crippen molar-refractivity contribution in [3.8, 4) is 22.8 Å². The van der Waals surface area contributed by atoms with Crippen LogP contribution in [-0.2, 0) is 6.42 Å². The summed E-state index contributed by atoms with van der Waals surface area (Å²) < 4.78 is 5.90. The van der Waals surface area contributed by atoms with E-state index in [1.165, 1.54) is 6.07 Å². The molecule has 0 aliphatic carbocycles. The monoisotopic (exact) mass is 410 g/mol. The number of carboxylic acids is 1. The summed E-state index contributed by atoms with van der Waals surface area (Å²) in [6, 6.07) is 15.8. The number of hydrogen-bond acceptors (Lipinski definition) is 4. The Balaban J connectivity index is 1.82. The van der Waals surface area contributed by atoms with Gasteiger partial charge in [0.05, 0.1) is 21.5 Å². The van der Waals surface area contributed by atoms with Gasteiger partial charge in [0.25, 0.3) is 0 Å². The van der Waals surface area contributed by atoms with Gasteiger partial charge in [-0.3, -0.25) is 0 Å². The van der Waals surface area contributed by atoms with Crippen LogP contribution < -0.4 is 5.11 Å². The lowest BCUT2D eigenvalue weighted by Crippen LogP contribution is -2.22. The van der Waals surface area contributed by atoms with Crippen molar-refractivity contribution < 1.29 is 14.3 Å². The zero-order chi connectivity index (χ0) is 19.8. The Labute approximate surface area is 171 Å². The van der Waals surface area contributed by atoms with Crippen LogP contribution in [0.2, 0.25) is 10.0 Å². The third kappa shape index (κ3) is 3.37. The smallest absolute Gasteiger partial charge is 0.153 e. The molecule has 0 aliphatic heterocycles. The average Bonchev–Trinajstić information content (AvgIpc) is 3.19. The molecule has 0 saturated heterocycles. The highest BCUT2D eigenvalue weighted by atomic mass is 35.5. The van der Waals surface area contributed by atoms with Crippen LogP contribution in [0.15, 0.2) is 59.0 Å². The molecule has 0 aliphatic rings. The molecule has 4 nitrogen and oxygen atoms in total. The van der Waals surface area contributed by atoms with Crippen molar-refractivity contribution in [3.05, 3.63) is 75.8 Å². The van der Waals surface area contributed by atoms with Gasteiger partial charge in [0.1, 0.15) is 11.5 Å². The summed E-state index contributed by atoms with van der Waals surface area (Å²) in [7, 11) is 0. The molecular weight excluding hydrogens is 397 g/mol. The minimum absolute atomic E-state index is 0.0859.